The second kappa shape index (κ2) is 3.89. The number of hydrogen-bond donors (Lipinski definition) is 1. The average Bonchev–Trinajstić information content (AvgIpc) is 2.69. The number of aromatic nitrogens is 1. The van der Waals surface area contributed by atoms with Gasteiger partial charge in [0.05, 0.1) is 17.0 Å². The highest BCUT2D eigenvalue weighted by Gasteiger charge is 2.06. The third kappa shape index (κ3) is 2.00. The topological polar surface area (TPSA) is 56.0 Å². The number of hydrogen-bond acceptors (Lipinski definition) is 4. The lowest BCUT2D eigenvalue weighted by Gasteiger charge is -1.89. The molecular formula is C9H8N2OS2. The molecule has 0 fully saturated rings. The van der Waals surface area contributed by atoms with Gasteiger partial charge in [-0.3, -0.25) is 4.79 Å². The van der Waals surface area contributed by atoms with E-state index in [0.717, 1.165) is 15.6 Å². The summed E-state index contributed by atoms with van der Waals surface area (Å²) in [6.07, 6.45) is 0.224. The summed E-state index contributed by atoms with van der Waals surface area (Å²) in [7, 11) is 0. The first kappa shape index (κ1) is 9.36. The van der Waals surface area contributed by atoms with Crippen LogP contribution in [0.1, 0.15) is 5.69 Å². The molecule has 0 saturated heterocycles. The van der Waals surface area contributed by atoms with E-state index in [4.69, 9.17) is 5.73 Å². The first-order chi connectivity index (χ1) is 6.75. The standard InChI is InChI=1S/C9H8N2OS2/c10-8(12)4-6-5-14-9(11-6)7-2-1-3-13-7/h1-3,5H,4H2,(H2,10,12). The highest BCUT2D eigenvalue weighted by molar-refractivity contribution is 7.20. The summed E-state index contributed by atoms with van der Waals surface area (Å²) in [6.45, 7) is 0. The summed E-state index contributed by atoms with van der Waals surface area (Å²) < 4.78 is 0. The lowest BCUT2D eigenvalue weighted by atomic mass is 10.3. The van der Waals surface area contributed by atoms with E-state index in [9.17, 15) is 4.79 Å². The van der Waals surface area contributed by atoms with E-state index in [-0.39, 0.29) is 12.3 Å². The molecule has 1 amide bonds. The van der Waals surface area contributed by atoms with Gasteiger partial charge in [0.25, 0.3) is 0 Å². The van der Waals surface area contributed by atoms with Gasteiger partial charge in [-0.25, -0.2) is 4.98 Å². The zero-order valence-electron chi connectivity index (χ0n) is 7.27. The molecular weight excluding hydrogens is 216 g/mol. The van der Waals surface area contributed by atoms with Crippen molar-refractivity contribution in [3.05, 3.63) is 28.6 Å². The number of rotatable bonds is 3. The summed E-state index contributed by atoms with van der Waals surface area (Å²) in [5.74, 6) is -0.340. The van der Waals surface area contributed by atoms with Crippen LogP contribution in [-0.4, -0.2) is 10.9 Å². The molecule has 0 aliphatic rings. The minimum Gasteiger partial charge on any atom is -0.369 e. The van der Waals surface area contributed by atoms with Crippen molar-refractivity contribution in [2.24, 2.45) is 5.73 Å². The zero-order chi connectivity index (χ0) is 9.97. The van der Waals surface area contributed by atoms with Crippen molar-refractivity contribution in [2.75, 3.05) is 0 Å². The van der Waals surface area contributed by atoms with Gasteiger partial charge in [0.15, 0.2) is 0 Å². The molecule has 2 N–H and O–H groups in total. The molecule has 2 heterocycles. The van der Waals surface area contributed by atoms with E-state index < -0.39 is 0 Å². The molecule has 0 saturated carbocycles. The summed E-state index contributed by atoms with van der Waals surface area (Å²) in [4.78, 5) is 16.1. The summed E-state index contributed by atoms with van der Waals surface area (Å²) >= 11 is 3.18. The summed E-state index contributed by atoms with van der Waals surface area (Å²) in [5.41, 5.74) is 5.84. The number of carbonyl (C=O) groups excluding carboxylic acids is 1. The van der Waals surface area contributed by atoms with Gasteiger partial charge in [-0.1, -0.05) is 6.07 Å². The fourth-order valence-electron chi connectivity index (χ4n) is 1.08. The van der Waals surface area contributed by atoms with Crippen molar-refractivity contribution in [3.63, 3.8) is 0 Å². The first-order valence-corrected chi connectivity index (χ1v) is 5.78. The van der Waals surface area contributed by atoms with Crippen molar-refractivity contribution in [1.82, 2.24) is 4.98 Å². The number of thiazole rings is 1. The summed E-state index contributed by atoms with van der Waals surface area (Å²) in [5, 5.41) is 4.83. The number of carbonyl (C=O) groups is 1. The smallest absolute Gasteiger partial charge is 0.223 e. The van der Waals surface area contributed by atoms with Crippen molar-refractivity contribution >= 4 is 28.6 Å². The Bertz CT molecular complexity index is 433. The van der Waals surface area contributed by atoms with Crippen LogP contribution >= 0.6 is 22.7 Å². The molecule has 3 nitrogen and oxygen atoms in total. The number of amides is 1. The molecule has 0 aliphatic heterocycles. The van der Waals surface area contributed by atoms with Gasteiger partial charge in [0.1, 0.15) is 5.01 Å². The molecule has 0 aromatic carbocycles. The maximum absolute atomic E-state index is 10.7. The van der Waals surface area contributed by atoms with Gasteiger partial charge < -0.3 is 5.73 Å². The van der Waals surface area contributed by atoms with Crippen molar-refractivity contribution in [1.29, 1.82) is 0 Å². The average molecular weight is 224 g/mol. The first-order valence-electron chi connectivity index (χ1n) is 4.02. The van der Waals surface area contributed by atoms with Crippen LogP contribution in [0.2, 0.25) is 0 Å². The monoisotopic (exact) mass is 224 g/mol. The SMILES string of the molecule is NC(=O)Cc1csc(-c2cccs2)n1. The van der Waals surface area contributed by atoms with Crippen molar-refractivity contribution in [3.8, 4) is 9.88 Å². The Kier molecular flexibility index (Phi) is 2.60. The molecule has 0 atom stereocenters. The lowest BCUT2D eigenvalue weighted by Crippen LogP contribution is -2.13. The third-order valence-corrected chi connectivity index (χ3v) is 3.57. The molecule has 0 unspecified atom stereocenters. The Labute approximate surface area is 89.2 Å². The van der Waals surface area contributed by atoms with Gasteiger partial charge in [-0.15, -0.1) is 22.7 Å². The Morgan fingerprint density at radius 2 is 2.36 bits per heavy atom. The molecule has 2 aromatic rings. The van der Waals surface area contributed by atoms with Gasteiger partial charge in [0, 0.05) is 5.38 Å². The van der Waals surface area contributed by atoms with Crippen LogP contribution < -0.4 is 5.73 Å². The summed E-state index contributed by atoms with van der Waals surface area (Å²) in [6, 6.07) is 3.99. The molecule has 14 heavy (non-hydrogen) atoms. The predicted octanol–water partition coefficient (Wildman–Crippen LogP) is 1.90. The highest BCUT2D eigenvalue weighted by atomic mass is 32.1. The lowest BCUT2D eigenvalue weighted by molar-refractivity contribution is -0.117. The van der Waals surface area contributed by atoms with Gasteiger partial charge >= 0.3 is 0 Å². The van der Waals surface area contributed by atoms with Crippen LogP contribution in [0.15, 0.2) is 22.9 Å². The second-order valence-corrected chi connectivity index (χ2v) is 4.57. The number of nitrogens with zero attached hydrogens (tertiary/aromatic N) is 1. The van der Waals surface area contributed by atoms with Crippen LogP contribution in [0.25, 0.3) is 9.88 Å². The molecule has 0 aliphatic carbocycles. The molecule has 0 bridgehead atoms. The van der Waals surface area contributed by atoms with Gasteiger partial charge in [-0.2, -0.15) is 0 Å². The van der Waals surface area contributed by atoms with Gasteiger partial charge in [-0.05, 0) is 11.4 Å². The molecule has 0 spiro atoms. The fourth-order valence-corrected chi connectivity index (χ4v) is 2.71. The van der Waals surface area contributed by atoms with Crippen LogP contribution in [0.4, 0.5) is 0 Å². The molecule has 2 rings (SSSR count). The van der Waals surface area contributed by atoms with E-state index in [1.807, 2.05) is 22.9 Å². The van der Waals surface area contributed by atoms with Crippen LogP contribution in [0.3, 0.4) is 0 Å². The third-order valence-electron chi connectivity index (χ3n) is 1.64. The van der Waals surface area contributed by atoms with Gasteiger partial charge in [0.2, 0.25) is 5.91 Å². The minimum absolute atomic E-state index is 0.224. The maximum atomic E-state index is 10.7. The fraction of sp³-hybridized carbons (Fsp3) is 0.111. The van der Waals surface area contributed by atoms with E-state index in [1.54, 1.807) is 22.7 Å². The minimum atomic E-state index is -0.340. The molecule has 5 heteroatoms. The second-order valence-electron chi connectivity index (χ2n) is 2.76. The Hall–Kier alpha value is -1.20. The Morgan fingerprint density at radius 1 is 1.50 bits per heavy atom. The Morgan fingerprint density at radius 3 is 3.00 bits per heavy atom. The molecule has 0 radical (unpaired) electrons. The van der Waals surface area contributed by atoms with Crippen molar-refractivity contribution < 1.29 is 4.79 Å². The quantitative estimate of drug-likeness (QED) is 0.865. The largest absolute Gasteiger partial charge is 0.369 e. The molecule has 2 aromatic heterocycles. The van der Waals surface area contributed by atoms with E-state index in [0.29, 0.717) is 0 Å². The van der Waals surface area contributed by atoms with E-state index in [2.05, 4.69) is 4.98 Å². The van der Waals surface area contributed by atoms with Crippen LogP contribution in [-0.2, 0) is 11.2 Å². The Balaban J connectivity index is 2.22. The van der Waals surface area contributed by atoms with Crippen LogP contribution in [0, 0.1) is 0 Å². The van der Waals surface area contributed by atoms with E-state index >= 15 is 0 Å². The maximum Gasteiger partial charge on any atom is 0.223 e. The highest BCUT2D eigenvalue weighted by Crippen LogP contribution is 2.27. The molecule has 72 valence electrons. The number of nitrogens with two attached hydrogens (primary N) is 1. The number of primary amides is 1. The zero-order valence-corrected chi connectivity index (χ0v) is 8.90. The van der Waals surface area contributed by atoms with E-state index in [1.165, 1.54) is 0 Å². The van der Waals surface area contributed by atoms with Crippen LogP contribution in [0.5, 0.6) is 0 Å². The predicted molar refractivity (Wildman–Crippen MR) is 58.3 cm³/mol. The van der Waals surface area contributed by atoms with Crippen molar-refractivity contribution in [2.45, 2.75) is 6.42 Å². The number of thiophene rings is 1. The normalized spacial score (nSPS) is 10.3.